The highest BCUT2D eigenvalue weighted by Gasteiger charge is 2.35. The quantitative estimate of drug-likeness (QED) is 0.196. The Kier molecular flexibility index (Phi) is 9.71. The summed E-state index contributed by atoms with van der Waals surface area (Å²) in [6, 6.07) is 34.7. The second kappa shape index (κ2) is 14.9. The molecule has 9 heteroatoms. The van der Waals surface area contributed by atoms with Crippen molar-refractivity contribution in [2.45, 2.75) is 57.0 Å². The van der Waals surface area contributed by atoms with Gasteiger partial charge in [0.2, 0.25) is 5.91 Å². The zero-order valence-electron chi connectivity index (χ0n) is 29.5. The van der Waals surface area contributed by atoms with E-state index in [-0.39, 0.29) is 11.8 Å². The van der Waals surface area contributed by atoms with Crippen LogP contribution in [0, 0.1) is 0 Å². The molecule has 2 fully saturated rings. The van der Waals surface area contributed by atoms with Crippen LogP contribution in [0.3, 0.4) is 0 Å². The van der Waals surface area contributed by atoms with Crippen molar-refractivity contribution in [3.05, 3.63) is 137 Å². The number of hydrogen-bond donors (Lipinski definition) is 2. The lowest BCUT2D eigenvalue weighted by Crippen LogP contribution is -2.40. The monoisotopic (exact) mass is 692 g/mol. The molecule has 0 saturated carbocycles. The van der Waals surface area contributed by atoms with Crippen LogP contribution in [0.15, 0.2) is 103 Å². The van der Waals surface area contributed by atoms with Gasteiger partial charge in [0.1, 0.15) is 11.5 Å². The van der Waals surface area contributed by atoms with E-state index in [1.165, 1.54) is 11.1 Å². The van der Waals surface area contributed by atoms with Crippen molar-refractivity contribution in [2.24, 2.45) is 11.5 Å². The molecule has 0 atom stereocenters. The summed E-state index contributed by atoms with van der Waals surface area (Å²) in [5.74, 6) is 2.30. The molecule has 0 aromatic heterocycles. The van der Waals surface area contributed by atoms with E-state index in [1.54, 1.807) is 0 Å². The Hall–Kier alpha value is -5.12. The number of carbonyl (C=O) groups is 2. The molecule has 5 aromatic carbocycles. The van der Waals surface area contributed by atoms with Crippen LogP contribution in [-0.2, 0) is 24.3 Å². The highest BCUT2D eigenvalue weighted by atomic mass is 16.6. The van der Waals surface area contributed by atoms with Gasteiger partial charge in [0.25, 0.3) is 5.91 Å². The van der Waals surface area contributed by atoms with E-state index in [2.05, 4.69) is 48.5 Å². The Morgan fingerprint density at radius 3 is 1.83 bits per heavy atom. The van der Waals surface area contributed by atoms with Crippen LogP contribution in [0.5, 0.6) is 11.5 Å². The normalized spacial score (nSPS) is 16.5. The molecule has 0 unspecified atom stereocenters. The fourth-order valence-electron chi connectivity index (χ4n) is 8.18. The molecule has 2 saturated heterocycles. The van der Waals surface area contributed by atoms with E-state index in [1.807, 2.05) is 64.4 Å². The molecule has 2 amide bonds. The van der Waals surface area contributed by atoms with E-state index in [4.69, 9.17) is 20.8 Å². The SMILES string of the molecule is NCc1cccc(C2CCN(C(=O)Cc3cccc(B4Oc5cc6cccc(C(=O)N7CCC(c8cccc(CN)c8)CC7)c6cc5O4)c3)CC2)c1. The molecule has 0 radical (unpaired) electrons. The average Bonchev–Trinajstić information content (AvgIpc) is 3.63. The maximum absolute atomic E-state index is 13.9. The molecule has 52 heavy (non-hydrogen) atoms. The van der Waals surface area contributed by atoms with Gasteiger partial charge in [-0.15, -0.1) is 0 Å². The summed E-state index contributed by atoms with van der Waals surface area (Å²) in [5, 5.41) is 1.78. The third-order valence-electron chi connectivity index (χ3n) is 11.2. The van der Waals surface area contributed by atoms with Crippen molar-refractivity contribution >= 4 is 35.2 Å². The van der Waals surface area contributed by atoms with Gasteiger partial charge in [0, 0.05) is 50.3 Å². The molecule has 264 valence electrons. The first kappa shape index (κ1) is 34.0. The summed E-state index contributed by atoms with van der Waals surface area (Å²) in [6.07, 6.45) is 4.07. The number of nitrogens with two attached hydrogens (primary N) is 2. The summed E-state index contributed by atoms with van der Waals surface area (Å²) in [6.45, 7) is 3.99. The molecule has 3 aliphatic heterocycles. The van der Waals surface area contributed by atoms with E-state index in [0.29, 0.717) is 61.5 Å². The first-order valence-electron chi connectivity index (χ1n) is 18.6. The number of fused-ring (bicyclic) bond motifs is 2. The lowest BCUT2D eigenvalue weighted by Gasteiger charge is -2.32. The van der Waals surface area contributed by atoms with E-state index >= 15 is 0 Å². The van der Waals surface area contributed by atoms with Crippen LogP contribution >= 0.6 is 0 Å². The maximum atomic E-state index is 13.9. The summed E-state index contributed by atoms with van der Waals surface area (Å²) in [7, 11) is -0.641. The Labute approximate surface area is 305 Å². The minimum atomic E-state index is -0.641. The van der Waals surface area contributed by atoms with Gasteiger partial charge in [-0.05, 0) is 94.3 Å². The zero-order valence-corrected chi connectivity index (χ0v) is 29.5. The van der Waals surface area contributed by atoms with Gasteiger partial charge in [-0.2, -0.15) is 0 Å². The molecule has 3 heterocycles. The van der Waals surface area contributed by atoms with Crippen LogP contribution in [-0.4, -0.2) is 54.9 Å². The van der Waals surface area contributed by atoms with Crippen molar-refractivity contribution in [3.8, 4) is 11.5 Å². The maximum Gasteiger partial charge on any atom is 0.632 e. The number of benzene rings is 5. The van der Waals surface area contributed by atoms with Gasteiger partial charge in [-0.1, -0.05) is 84.9 Å². The summed E-state index contributed by atoms with van der Waals surface area (Å²) in [5.41, 5.74) is 19.1. The van der Waals surface area contributed by atoms with Crippen molar-refractivity contribution in [1.82, 2.24) is 9.80 Å². The van der Waals surface area contributed by atoms with Crippen LogP contribution in [0.4, 0.5) is 0 Å². The molecule has 8 nitrogen and oxygen atoms in total. The number of carbonyl (C=O) groups excluding carboxylic acids is 2. The molecule has 0 bridgehead atoms. The Bertz CT molecular complexity index is 2100. The second-order valence-corrected chi connectivity index (χ2v) is 14.4. The summed E-state index contributed by atoms with van der Waals surface area (Å²) >= 11 is 0. The third kappa shape index (κ3) is 7.03. The predicted molar refractivity (Wildman–Crippen MR) is 206 cm³/mol. The van der Waals surface area contributed by atoms with Crippen molar-refractivity contribution in [3.63, 3.8) is 0 Å². The van der Waals surface area contributed by atoms with Crippen molar-refractivity contribution in [2.75, 3.05) is 26.2 Å². The highest BCUT2D eigenvalue weighted by molar-refractivity contribution is 6.63. The standard InChI is InChI=1S/C43H45BN4O4/c45-27-30-6-1-8-34(21-30)32-13-17-47(18-14-32)42(49)24-29-5-3-11-37(23-29)44-51-40-25-36-10-4-12-38(39(36)26-41(40)52-44)43(50)48-19-15-33(16-20-48)35-9-2-7-31(22-35)28-46/h1-12,21-23,25-26,32-33H,13-20,24,27-28,45-46H2. The van der Waals surface area contributed by atoms with Gasteiger partial charge in [0.05, 0.1) is 6.42 Å². The third-order valence-corrected chi connectivity index (χ3v) is 11.2. The van der Waals surface area contributed by atoms with Gasteiger partial charge >= 0.3 is 7.12 Å². The van der Waals surface area contributed by atoms with E-state index in [9.17, 15) is 9.59 Å². The lowest BCUT2D eigenvalue weighted by atomic mass is 9.78. The summed E-state index contributed by atoms with van der Waals surface area (Å²) < 4.78 is 12.7. The first-order valence-corrected chi connectivity index (χ1v) is 18.6. The van der Waals surface area contributed by atoms with Crippen molar-refractivity contribution < 1.29 is 18.9 Å². The lowest BCUT2D eigenvalue weighted by molar-refractivity contribution is -0.131. The number of amides is 2. The molecule has 3 aliphatic rings. The number of rotatable bonds is 8. The Morgan fingerprint density at radius 1 is 0.635 bits per heavy atom. The Morgan fingerprint density at radius 2 is 1.19 bits per heavy atom. The van der Waals surface area contributed by atoms with Gasteiger partial charge < -0.3 is 30.6 Å². The van der Waals surface area contributed by atoms with E-state index in [0.717, 1.165) is 71.7 Å². The molecule has 8 rings (SSSR count). The highest BCUT2D eigenvalue weighted by Crippen LogP contribution is 2.39. The zero-order chi connectivity index (χ0) is 35.6. The van der Waals surface area contributed by atoms with Crippen molar-refractivity contribution in [1.29, 1.82) is 0 Å². The molecule has 0 aliphatic carbocycles. The molecule has 4 N–H and O–H groups in total. The number of piperidine rings is 2. The minimum absolute atomic E-state index is 0.0394. The van der Waals surface area contributed by atoms with E-state index < -0.39 is 7.12 Å². The molecule has 5 aromatic rings. The smallest absolute Gasteiger partial charge is 0.519 e. The minimum Gasteiger partial charge on any atom is -0.519 e. The van der Waals surface area contributed by atoms with Crippen LogP contribution < -0.4 is 26.2 Å². The van der Waals surface area contributed by atoms with Gasteiger partial charge in [-0.3, -0.25) is 9.59 Å². The number of nitrogens with zero attached hydrogens (tertiary/aromatic N) is 2. The van der Waals surface area contributed by atoms with Crippen LogP contribution in [0.2, 0.25) is 0 Å². The fraction of sp³-hybridized carbons (Fsp3) is 0.302. The fourth-order valence-corrected chi connectivity index (χ4v) is 8.18. The average molecular weight is 693 g/mol. The van der Waals surface area contributed by atoms with Gasteiger partial charge in [0.15, 0.2) is 0 Å². The summed E-state index contributed by atoms with van der Waals surface area (Å²) in [4.78, 5) is 31.2. The van der Waals surface area contributed by atoms with Crippen LogP contribution in [0.25, 0.3) is 10.8 Å². The molecular formula is C43H45BN4O4. The topological polar surface area (TPSA) is 111 Å². The first-order chi connectivity index (χ1) is 25.4. The number of likely N-dealkylation sites (tertiary alicyclic amines) is 2. The van der Waals surface area contributed by atoms with Gasteiger partial charge in [-0.25, -0.2) is 0 Å². The van der Waals surface area contributed by atoms with Crippen LogP contribution in [0.1, 0.15) is 75.7 Å². The molecule has 0 spiro atoms. The largest absolute Gasteiger partial charge is 0.632 e. The Balaban J connectivity index is 0.906. The predicted octanol–water partition coefficient (Wildman–Crippen LogP) is 5.89. The molecular weight excluding hydrogens is 647 g/mol. The number of hydrogen-bond acceptors (Lipinski definition) is 6. The second-order valence-electron chi connectivity index (χ2n) is 14.4.